The number of rotatable bonds is 5. The van der Waals surface area contributed by atoms with Gasteiger partial charge in [0.2, 0.25) is 15.9 Å². The molecule has 2 aromatic rings. The van der Waals surface area contributed by atoms with E-state index >= 15 is 0 Å². The molecule has 2 aliphatic rings. The monoisotopic (exact) mass is 485 g/mol. The van der Waals surface area contributed by atoms with Crippen molar-refractivity contribution in [3.05, 3.63) is 42.0 Å². The van der Waals surface area contributed by atoms with Crippen LogP contribution in [0, 0.1) is 0 Å². The zero-order valence-corrected chi connectivity index (χ0v) is 20.9. The molecule has 0 spiro atoms. The number of hydrogen-bond acceptors (Lipinski definition) is 5. The molecular weight excluding hydrogens is 454 g/mol. The van der Waals surface area contributed by atoms with E-state index in [2.05, 4.69) is 0 Å². The van der Waals surface area contributed by atoms with Crippen LogP contribution >= 0.6 is 0 Å². The number of hydrogen-bond donors (Lipinski definition) is 0. The summed E-state index contributed by atoms with van der Waals surface area (Å²) in [4.78, 5) is 27.9. The quantitative estimate of drug-likeness (QED) is 0.650. The van der Waals surface area contributed by atoms with Crippen LogP contribution in [0.15, 0.2) is 36.4 Å². The Labute approximate surface area is 201 Å². The highest BCUT2D eigenvalue weighted by molar-refractivity contribution is 7.93. The number of ether oxygens (including phenoxy) is 1. The summed E-state index contributed by atoms with van der Waals surface area (Å²) in [7, 11) is 0.101. The molecular formula is C25H31N3O5S. The molecule has 0 radical (unpaired) electrons. The van der Waals surface area contributed by atoms with Crippen LogP contribution in [0.4, 0.5) is 11.4 Å². The molecule has 1 saturated heterocycles. The number of benzene rings is 2. The third-order valence-electron chi connectivity index (χ3n) is 6.49. The Balaban J connectivity index is 1.76. The molecule has 2 amide bonds. The second-order valence-electron chi connectivity index (χ2n) is 9.08. The fourth-order valence-electron chi connectivity index (χ4n) is 4.68. The van der Waals surface area contributed by atoms with Gasteiger partial charge < -0.3 is 14.5 Å². The fourth-order valence-corrected chi connectivity index (χ4v) is 6.24. The number of carbonyl (C=O) groups is 2. The maximum atomic E-state index is 12.4. The van der Waals surface area contributed by atoms with Gasteiger partial charge in [-0.15, -0.1) is 0 Å². The van der Waals surface area contributed by atoms with Gasteiger partial charge in [-0.2, -0.15) is 0 Å². The predicted molar refractivity (Wildman–Crippen MR) is 133 cm³/mol. The summed E-state index contributed by atoms with van der Waals surface area (Å²) in [5.41, 5.74) is 4.01. The Morgan fingerprint density at radius 3 is 2.41 bits per heavy atom. The highest BCUT2D eigenvalue weighted by Crippen LogP contribution is 2.43. The van der Waals surface area contributed by atoms with E-state index in [4.69, 9.17) is 4.74 Å². The largest absolute Gasteiger partial charge is 0.483 e. The van der Waals surface area contributed by atoms with Gasteiger partial charge in [0.15, 0.2) is 6.61 Å². The number of fused-ring (bicyclic) bond motifs is 1. The second kappa shape index (κ2) is 9.29. The number of amides is 2. The molecule has 4 rings (SSSR count). The van der Waals surface area contributed by atoms with Crippen molar-refractivity contribution in [1.29, 1.82) is 0 Å². The SMILES string of the molecule is CC(=O)N1c2ccc(-c3ccc(N4CCCS4(=O)=O)cc3)c(OCC(=O)N(C)C)c2CC[C@@H]1C. The van der Waals surface area contributed by atoms with E-state index in [1.807, 2.05) is 31.2 Å². The number of anilines is 2. The van der Waals surface area contributed by atoms with Crippen molar-refractivity contribution in [3.8, 4) is 16.9 Å². The summed E-state index contributed by atoms with van der Waals surface area (Å²) < 4.78 is 32.1. The minimum absolute atomic E-state index is 0.0345. The Morgan fingerprint density at radius 2 is 1.82 bits per heavy atom. The molecule has 1 fully saturated rings. The summed E-state index contributed by atoms with van der Waals surface area (Å²) in [6.45, 7) is 3.96. The fraction of sp³-hybridized carbons (Fsp3) is 0.440. The molecule has 0 bridgehead atoms. The van der Waals surface area contributed by atoms with Crippen molar-refractivity contribution < 1.29 is 22.7 Å². The lowest BCUT2D eigenvalue weighted by Gasteiger charge is -2.36. The van der Waals surface area contributed by atoms with Crippen LogP contribution < -0.4 is 13.9 Å². The standard InChI is InChI=1S/C25H31N3O5S/c1-17-6-11-22-23(28(17)18(2)29)13-12-21(25(22)33-16-24(30)26(3)4)19-7-9-20(10-8-19)27-14-5-15-34(27,31)32/h7-10,12-13,17H,5-6,11,14-16H2,1-4H3/t17-/m0/s1. The Hall–Kier alpha value is -3.07. The van der Waals surface area contributed by atoms with E-state index < -0.39 is 10.0 Å². The number of carbonyl (C=O) groups excluding carboxylic acids is 2. The molecule has 2 aromatic carbocycles. The molecule has 0 unspecified atom stereocenters. The van der Waals surface area contributed by atoms with Crippen molar-refractivity contribution in [2.45, 2.75) is 39.2 Å². The molecule has 8 nitrogen and oxygen atoms in total. The van der Waals surface area contributed by atoms with E-state index in [0.29, 0.717) is 24.4 Å². The van der Waals surface area contributed by atoms with Gasteiger partial charge in [-0.25, -0.2) is 8.42 Å². The van der Waals surface area contributed by atoms with Crippen molar-refractivity contribution >= 4 is 33.2 Å². The van der Waals surface area contributed by atoms with E-state index in [0.717, 1.165) is 35.2 Å². The normalized spacial score (nSPS) is 19.0. The van der Waals surface area contributed by atoms with Crippen LogP contribution in [0.1, 0.15) is 32.3 Å². The van der Waals surface area contributed by atoms with Crippen molar-refractivity contribution in [1.82, 2.24) is 4.90 Å². The third kappa shape index (κ3) is 4.49. The molecule has 182 valence electrons. The second-order valence-corrected chi connectivity index (χ2v) is 11.1. The first-order valence-corrected chi connectivity index (χ1v) is 13.1. The van der Waals surface area contributed by atoms with Gasteiger partial charge in [-0.05, 0) is 56.0 Å². The first-order chi connectivity index (χ1) is 16.1. The van der Waals surface area contributed by atoms with Crippen LogP contribution in [0.25, 0.3) is 11.1 Å². The first-order valence-electron chi connectivity index (χ1n) is 11.5. The van der Waals surface area contributed by atoms with Crippen LogP contribution in [0.3, 0.4) is 0 Å². The summed E-state index contributed by atoms with van der Waals surface area (Å²) in [5.74, 6) is 0.563. The highest BCUT2D eigenvalue weighted by atomic mass is 32.2. The molecule has 2 aliphatic heterocycles. The molecule has 9 heteroatoms. The molecule has 34 heavy (non-hydrogen) atoms. The molecule has 0 aromatic heterocycles. The third-order valence-corrected chi connectivity index (χ3v) is 8.36. The van der Waals surface area contributed by atoms with Gasteiger partial charge >= 0.3 is 0 Å². The minimum Gasteiger partial charge on any atom is -0.483 e. The zero-order chi connectivity index (χ0) is 24.6. The Morgan fingerprint density at radius 1 is 1.12 bits per heavy atom. The van der Waals surface area contributed by atoms with Crippen LogP contribution in [-0.2, 0) is 26.0 Å². The van der Waals surface area contributed by atoms with Crippen LogP contribution in [-0.4, -0.2) is 64.2 Å². The van der Waals surface area contributed by atoms with Gasteiger partial charge in [0.05, 0.1) is 17.1 Å². The number of nitrogens with zero attached hydrogens (tertiary/aromatic N) is 3. The predicted octanol–water partition coefficient (Wildman–Crippen LogP) is 3.05. The van der Waals surface area contributed by atoms with Gasteiger partial charge in [-0.3, -0.25) is 13.9 Å². The lowest BCUT2D eigenvalue weighted by Crippen LogP contribution is -2.41. The topological polar surface area (TPSA) is 87.2 Å². The maximum Gasteiger partial charge on any atom is 0.259 e. The Kier molecular flexibility index (Phi) is 6.58. The van der Waals surface area contributed by atoms with E-state index in [9.17, 15) is 18.0 Å². The lowest BCUT2D eigenvalue weighted by atomic mass is 9.91. The first kappa shape index (κ1) is 24.1. The molecule has 2 heterocycles. The van der Waals surface area contributed by atoms with E-state index in [1.165, 1.54) is 9.21 Å². The van der Waals surface area contributed by atoms with E-state index in [-0.39, 0.29) is 30.2 Å². The van der Waals surface area contributed by atoms with Gasteiger partial charge in [0.1, 0.15) is 5.75 Å². The number of likely N-dealkylation sites (N-methyl/N-ethyl adjacent to an activating group) is 1. The van der Waals surface area contributed by atoms with Crippen LogP contribution in [0.5, 0.6) is 5.75 Å². The zero-order valence-electron chi connectivity index (χ0n) is 20.1. The summed E-state index contributed by atoms with van der Waals surface area (Å²) >= 11 is 0. The lowest BCUT2D eigenvalue weighted by molar-refractivity contribution is -0.130. The average molecular weight is 486 g/mol. The minimum atomic E-state index is -3.25. The van der Waals surface area contributed by atoms with Gasteiger partial charge in [0, 0.05) is 44.7 Å². The molecule has 1 atom stereocenters. The average Bonchev–Trinajstić information content (AvgIpc) is 3.15. The highest BCUT2D eigenvalue weighted by Gasteiger charge is 2.31. The Bertz CT molecular complexity index is 1210. The van der Waals surface area contributed by atoms with Crippen molar-refractivity contribution in [2.75, 3.05) is 42.2 Å². The summed E-state index contributed by atoms with van der Waals surface area (Å²) in [6, 6.07) is 11.3. The maximum absolute atomic E-state index is 12.4. The summed E-state index contributed by atoms with van der Waals surface area (Å²) in [5, 5.41) is 0. The van der Waals surface area contributed by atoms with E-state index in [1.54, 1.807) is 38.1 Å². The molecule has 0 saturated carbocycles. The van der Waals surface area contributed by atoms with Gasteiger partial charge in [0.25, 0.3) is 5.91 Å². The van der Waals surface area contributed by atoms with Crippen LogP contribution in [0.2, 0.25) is 0 Å². The van der Waals surface area contributed by atoms with Crippen molar-refractivity contribution in [2.24, 2.45) is 0 Å². The molecule has 0 aliphatic carbocycles. The van der Waals surface area contributed by atoms with Crippen molar-refractivity contribution in [3.63, 3.8) is 0 Å². The smallest absolute Gasteiger partial charge is 0.259 e. The molecule has 0 N–H and O–H groups in total. The summed E-state index contributed by atoms with van der Waals surface area (Å²) in [6.07, 6.45) is 2.14. The van der Waals surface area contributed by atoms with Gasteiger partial charge in [-0.1, -0.05) is 12.1 Å². The number of sulfonamides is 1.